The minimum absolute atomic E-state index is 0.0606. The quantitative estimate of drug-likeness (QED) is 0.475. The van der Waals surface area contributed by atoms with Gasteiger partial charge >= 0.3 is 5.97 Å². The minimum Gasteiger partial charge on any atom is -0.488 e. The molecule has 2 heterocycles. The zero-order valence-electron chi connectivity index (χ0n) is 14.3. The third-order valence-electron chi connectivity index (χ3n) is 3.90. The average Bonchev–Trinajstić information content (AvgIpc) is 2.91. The number of carbonyl (C=O) groups is 1. The number of esters is 1. The number of para-hydroxylation sites is 1. The molecule has 0 atom stereocenters. The van der Waals surface area contributed by atoms with E-state index >= 15 is 0 Å². The van der Waals surface area contributed by atoms with Crippen molar-refractivity contribution in [2.24, 2.45) is 0 Å². The number of fused-ring (bicyclic) bond motifs is 1. The highest BCUT2D eigenvalue weighted by molar-refractivity contribution is 7.18. The molecule has 0 bridgehead atoms. The van der Waals surface area contributed by atoms with E-state index in [1.54, 1.807) is 24.3 Å². The molecule has 2 aromatic heterocycles. The molecule has 0 amide bonds. The summed E-state index contributed by atoms with van der Waals surface area (Å²) in [6.45, 7) is 3.86. The van der Waals surface area contributed by atoms with E-state index in [4.69, 9.17) is 21.1 Å². The van der Waals surface area contributed by atoms with Gasteiger partial charge in [0.05, 0.1) is 16.7 Å². The van der Waals surface area contributed by atoms with Crippen molar-refractivity contribution in [3.63, 3.8) is 0 Å². The van der Waals surface area contributed by atoms with Gasteiger partial charge in [0, 0.05) is 4.88 Å². The summed E-state index contributed by atoms with van der Waals surface area (Å²) in [5.41, 5.74) is 0.666. The fourth-order valence-electron chi connectivity index (χ4n) is 2.44. The molecule has 3 aromatic rings. The van der Waals surface area contributed by atoms with Gasteiger partial charge in [-0.1, -0.05) is 23.7 Å². The number of hydrogen-bond acceptors (Lipinski definition) is 6. The highest BCUT2D eigenvalue weighted by Crippen LogP contribution is 2.25. The highest BCUT2D eigenvalue weighted by atomic mass is 35.5. The second-order valence-electron chi connectivity index (χ2n) is 5.64. The van der Waals surface area contributed by atoms with Gasteiger partial charge in [0.15, 0.2) is 0 Å². The molecule has 0 fully saturated rings. The first-order chi connectivity index (χ1) is 12.5. The number of nitrogens with zero attached hydrogens (tertiary/aromatic N) is 2. The normalized spacial score (nSPS) is 10.9. The molecule has 8 heteroatoms. The van der Waals surface area contributed by atoms with Gasteiger partial charge in [-0.05, 0) is 31.5 Å². The number of hydrogen-bond donors (Lipinski definition) is 0. The molecular formula is C18H17ClN2O4S. The van der Waals surface area contributed by atoms with Crippen LogP contribution in [0.4, 0.5) is 0 Å². The number of aryl methyl sites for hydroxylation is 2. The summed E-state index contributed by atoms with van der Waals surface area (Å²) in [6, 6.07) is 7.05. The second kappa shape index (κ2) is 7.88. The van der Waals surface area contributed by atoms with Crippen LogP contribution in [-0.4, -0.2) is 28.7 Å². The number of aromatic nitrogens is 2. The molecule has 0 saturated carbocycles. The van der Waals surface area contributed by atoms with Crippen LogP contribution < -0.4 is 10.3 Å². The van der Waals surface area contributed by atoms with Crippen LogP contribution in [0.25, 0.3) is 10.2 Å². The van der Waals surface area contributed by atoms with E-state index in [0.717, 1.165) is 10.4 Å². The van der Waals surface area contributed by atoms with E-state index in [2.05, 4.69) is 4.98 Å². The van der Waals surface area contributed by atoms with E-state index in [-0.39, 0.29) is 25.3 Å². The van der Waals surface area contributed by atoms with Crippen molar-refractivity contribution in [2.45, 2.75) is 20.4 Å². The van der Waals surface area contributed by atoms with E-state index in [1.165, 1.54) is 22.2 Å². The lowest BCUT2D eigenvalue weighted by Gasteiger charge is -2.09. The van der Waals surface area contributed by atoms with E-state index < -0.39 is 5.97 Å². The fourth-order valence-corrected chi connectivity index (χ4v) is 3.61. The van der Waals surface area contributed by atoms with E-state index in [9.17, 15) is 9.59 Å². The van der Waals surface area contributed by atoms with Crippen LogP contribution in [-0.2, 0) is 16.1 Å². The molecule has 0 aliphatic carbocycles. The number of thiophene rings is 1. The molecule has 0 aliphatic heterocycles. The predicted molar refractivity (Wildman–Crippen MR) is 101 cm³/mol. The lowest BCUT2D eigenvalue weighted by atomic mass is 10.2. The Balaban J connectivity index is 1.58. The summed E-state index contributed by atoms with van der Waals surface area (Å²) in [5, 5.41) is 1.05. The monoisotopic (exact) mass is 392 g/mol. The Kier molecular flexibility index (Phi) is 5.58. The molecule has 3 rings (SSSR count). The van der Waals surface area contributed by atoms with Crippen LogP contribution in [0.2, 0.25) is 5.02 Å². The Morgan fingerprint density at radius 1 is 1.27 bits per heavy atom. The van der Waals surface area contributed by atoms with Crippen LogP contribution in [0.1, 0.15) is 10.4 Å². The SMILES string of the molecule is Cc1sc2ncn(CC(=O)OCCOc3ccccc3Cl)c(=O)c2c1C. The smallest absolute Gasteiger partial charge is 0.326 e. The van der Waals surface area contributed by atoms with Crippen molar-refractivity contribution in [3.8, 4) is 5.75 Å². The Hall–Kier alpha value is -2.38. The maximum atomic E-state index is 12.5. The summed E-state index contributed by atoms with van der Waals surface area (Å²) in [6.07, 6.45) is 1.38. The van der Waals surface area contributed by atoms with Crippen LogP contribution in [0.3, 0.4) is 0 Å². The zero-order valence-corrected chi connectivity index (χ0v) is 15.9. The largest absolute Gasteiger partial charge is 0.488 e. The molecule has 1 aromatic carbocycles. The zero-order chi connectivity index (χ0) is 18.7. The van der Waals surface area contributed by atoms with Crippen molar-refractivity contribution in [1.82, 2.24) is 9.55 Å². The van der Waals surface area contributed by atoms with Gasteiger partial charge in [-0.25, -0.2) is 4.98 Å². The van der Waals surface area contributed by atoms with E-state index in [1.807, 2.05) is 13.8 Å². The first-order valence-electron chi connectivity index (χ1n) is 7.95. The number of ether oxygens (including phenoxy) is 2. The van der Waals surface area contributed by atoms with E-state index in [0.29, 0.717) is 21.0 Å². The summed E-state index contributed by atoms with van der Waals surface area (Å²) in [5.74, 6) is 0.00000250. The molecule has 26 heavy (non-hydrogen) atoms. The molecular weight excluding hydrogens is 376 g/mol. The van der Waals surface area contributed by atoms with Crippen LogP contribution in [0, 0.1) is 13.8 Å². The molecule has 6 nitrogen and oxygen atoms in total. The molecule has 0 N–H and O–H groups in total. The van der Waals surface area contributed by atoms with Gasteiger partial charge in [-0.2, -0.15) is 0 Å². The van der Waals surface area contributed by atoms with Gasteiger partial charge in [-0.3, -0.25) is 14.2 Å². The van der Waals surface area contributed by atoms with Gasteiger partial charge in [0.1, 0.15) is 30.3 Å². The number of rotatable bonds is 6. The summed E-state index contributed by atoms with van der Waals surface area (Å²) < 4.78 is 11.8. The number of carbonyl (C=O) groups excluding carboxylic acids is 1. The van der Waals surface area contributed by atoms with Crippen molar-refractivity contribution in [2.75, 3.05) is 13.2 Å². The van der Waals surface area contributed by atoms with Crippen molar-refractivity contribution in [3.05, 3.63) is 56.4 Å². The Bertz CT molecular complexity index is 1010. The van der Waals surface area contributed by atoms with Crippen molar-refractivity contribution >= 4 is 39.1 Å². The summed E-state index contributed by atoms with van der Waals surface area (Å²) in [4.78, 5) is 30.5. The van der Waals surface area contributed by atoms with Gasteiger partial charge < -0.3 is 9.47 Å². The molecule has 0 radical (unpaired) electrons. The first kappa shape index (κ1) is 18.4. The minimum atomic E-state index is -0.527. The predicted octanol–water partition coefficient (Wildman–Crippen LogP) is 3.35. The van der Waals surface area contributed by atoms with Gasteiger partial charge in [0.2, 0.25) is 0 Å². The second-order valence-corrected chi connectivity index (χ2v) is 7.25. The summed E-state index contributed by atoms with van der Waals surface area (Å²) in [7, 11) is 0. The van der Waals surface area contributed by atoms with Crippen LogP contribution in [0.15, 0.2) is 35.4 Å². The van der Waals surface area contributed by atoms with Gasteiger partial charge in [0.25, 0.3) is 5.56 Å². The molecule has 0 spiro atoms. The third-order valence-corrected chi connectivity index (χ3v) is 5.32. The lowest BCUT2D eigenvalue weighted by molar-refractivity contribution is -0.145. The summed E-state index contributed by atoms with van der Waals surface area (Å²) >= 11 is 7.44. The first-order valence-corrected chi connectivity index (χ1v) is 9.15. The van der Waals surface area contributed by atoms with Crippen molar-refractivity contribution < 1.29 is 14.3 Å². The average molecular weight is 393 g/mol. The van der Waals surface area contributed by atoms with Gasteiger partial charge in [-0.15, -0.1) is 11.3 Å². The lowest BCUT2D eigenvalue weighted by Crippen LogP contribution is -2.26. The van der Waals surface area contributed by atoms with Crippen LogP contribution in [0.5, 0.6) is 5.75 Å². The molecule has 0 aliphatic rings. The maximum absolute atomic E-state index is 12.5. The maximum Gasteiger partial charge on any atom is 0.326 e. The molecule has 0 unspecified atom stereocenters. The molecule has 0 saturated heterocycles. The van der Waals surface area contributed by atoms with Crippen LogP contribution >= 0.6 is 22.9 Å². The number of benzene rings is 1. The molecule has 136 valence electrons. The Morgan fingerprint density at radius 2 is 2.04 bits per heavy atom. The fraction of sp³-hybridized carbons (Fsp3) is 0.278. The topological polar surface area (TPSA) is 70.4 Å². The highest BCUT2D eigenvalue weighted by Gasteiger charge is 2.14. The Morgan fingerprint density at radius 3 is 2.81 bits per heavy atom. The number of halogens is 1. The Labute approximate surface area is 159 Å². The standard InChI is InChI=1S/C18H17ClN2O4S/c1-11-12(2)26-17-16(11)18(23)21(10-20-17)9-15(22)25-8-7-24-14-6-4-3-5-13(14)19/h3-6,10H,7-9H2,1-2H3. The third kappa shape index (κ3) is 3.89. The van der Waals surface area contributed by atoms with Crippen molar-refractivity contribution in [1.29, 1.82) is 0 Å².